The van der Waals surface area contributed by atoms with Crippen LogP contribution in [0.5, 0.6) is 0 Å². The van der Waals surface area contributed by atoms with Crippen molar-refractivity contribution in [2.75, 3.05) is 24.6 Å². The van der Waals surface area contributed by atoms with Crippen molar-refractivity contribution in [2.24, 2.45) is 0 Å². The third-order valence-electron chi connectivity index (χ3n) is 2.45. The van der Waals surface area contributed by atoms with Crippen LogP contribution in [0.15, 0.2) is 0 Å². The van der Waals surface area contributed by atoms with Gasteiger partial charge in [0.2, 0.25) is 0 Å². The third kappa shape index (κ3) is 3.33. The fraction of sp³-hybridized carbons (Fsp3) is 1.00. The number of hydrogen-bond donors (Lipinski definition) is 2. The molecule has 72 valence electrons. The zero-order valence-electron chi connectivity index (χ0n) is 7.81. The quantitative estimate of drug-likeness (QED) is 0.653. The van der Waals surface area contributed by atoms with E-state index in [1.165, 1.54) is 0 Å². The molecule has 0 atom stereocenters. The normalized spacial score (nSPS) is 22.5. The van der Waals surface area contributed by atoms with Crippen LogP contribution in [-0.4, -0.2) is 35.3 Å². The molecule has 2 N–H and O–H groups in total. The zero-order chi connectivity index (χ0) is 8.86. The van der Waals surface area contributed by atoms with Crippen molar-refractivity contribution in [1.29, 1.82) is 0 Å². The molecule has 1 heterocycles. The minimum atomic E-state index is -0.354. The zero-order valence-corrected chi connectivity index (χ0v) is 8.62. The van der Waals surface area contributed by atoms with Gasteiger partial charge in [-0.05, 0) is 43.9 Å². The smallest absolute Gasteiger partial charge is 0.0679 e. The van der Waals surface area contributed by atoms with Crippen molar-refractivity contribution in [3.63, 3.8) is 0 Å². The van der Waals surface area contributed by atoms with Gasteiger partial charge in [-0.1, -0.05) is 6.92 Å². The Balaban J connectivity index is 2.17. The van der Waals surface area contributed by atoms with Gasteiger partial charge in [-0.25, -0.2) is 0 Å². The lowest BCUT2D eigenvalue weighted by Gasteiger charge is -2.32. The van der Waals surface area contributed by atoms with Gasteiger partial charge in [0, 0.05) is 0 Å². The first kappa shape index (κ1) is 10.4. The van der Waals surface area contributed by atoms with Gasteiger partial charge in [-0.15, -0.1) is 0 Å². The molecule has 1 aliphatic heterocycles. The first-order valence-electron chi connectivity index (χ1n) is 4.78. The topological polar surface area (TPSA) is 32.3 Å². The molecule has 1 aliphatic rings. The van der Waals surface area contributed by atoms with E-state index in [-0.39, 0.29) is 5.60 Å². The molecule has 0 aromatic carbocycles. The average Bonchev–Trinajstić information content (AvgIpc) is 2.06. The maximum atomic E-state index is 10.0. The van der Waals surface area contributed by atoms with Crippen molar-refractivity contribution < 1.29 is 5.11 Å². The van der Waals surface area contributed by atoms with Gasteiger partial charge in [-0.3, -0.25) is 0 Å². The van der Waals surface area contributed by atoms with E-state index in [1.54, 1.807) is 0 Å². The van der Waals surface area contributed by atoms with E-state index in [4.69, 9.17) is 0 Å². The molecule has 0 aliphatic carbocycles. The van der Waals surface area contributed by atoms with Crippen molar-refractivity contribution in [2.45, 2.75) is 31.8 Å². The molecule has 0 aromatic rings. The minimum absolute atomic E-state index is 0.354. The second kappa shape index (κ2) is 5.10. The van der Waals surface area contributed by atoms with Gasteiger partial charge in [0.1, 0.15) is 0 Å². The maximum Gasteiger partial charge on any atom is 0.0679 e. The second-order valence-corrected chi connectivity index (χ2v) is 4.82. The van der Waals surface area contributed by atoms with E-state index in [2.05, 4.69) is 12.2 Å². The monoisotopic (exact) mass is 189 g/mol. The van der Waals surface area contributed by atoms with Gasteiger partial charge < -0.3 is 10.4 Å². The Hall–Kier alpha value is 0.270. The second-order valence-electron chi connectivity index (χ2n) is 3.42. The molecule has 1 fully saturated rings. The summed E-state index contributed by atoms with van der Waals surface area (Å²) in [5, 5.41) is 13.3. The van der Waals surface area contributed by atoms with Gasteiger partial charge in [0.05, 0.1) is 5.60 Å². The van der Waals surface area contributed by atoms with E-state index in [0.717, 1.165) is 43.9 Å². The highest BCUT2D eigenvalue weighted by Crippen LogP contribution is 2.23. The first-order chi connectivity index (χ1) is 5.77. The highest BCUT2D eigenvalue weighted by atomic mass is 32.2. The summed E-state index contributed by atoms with van der Waals surface area (Å²) in [6.07, 6.45) is 2.82. The van der Waals surface area contributed by atoms with E-state index < -0.39 is 0 Å². The molecule has 0 radical (unpaired) electrons. The number of thioether (sulfide) groups is 1. The molecule has 0 spiro atoms. The van der Waals surface area contributed by atoms with Crippen LogP contribution in [0, 0.1) is 0 Å². The van der Waals surface area contributed by atoms with E-state index in [0.29, 0.717) is 0 Å². The van der Waals surface area contributed by atoms with Crippen LogP contribution < -0.4 is 5.32 Å². The van der Waals surface area contributed by atoms with Crippen LogP contribution >= 0.6 is 11.8 Å². The Morgan fingerprint density at radius 3 is 2.67 bits per heavy atom. The number of hydrogen-bond acceptors (Lipinski definition) is 3. The summed E-state index contributed by atoms with van der Waals surface area (Å²) in [7, 11) is 0. The predicted octanol–water partition coefficient (Wildman–Crippen LogP) is 1.24. The predicted molar refractivity (Wildman–Crippen MR) is 54.7 cm³/mol. The van der Waals surface area contributed by atoms with Crippen molar-refractivity contribution in [3.05, 3.63) is 0 Å². The Morgan fingerprint density at radius 1 is 1.42 bits per heavy atom. The lowest BCUT2D eigenvalue weighted by molar-refractivity contribution is 0.00809. The lowest BCUT2D eigenvalue weighted by atomic mass is 9.90. The summed E-state index contributed by atoms with van der Waals surface area (Å²) in [6, 6.07) is 0. The van der Waals surface area contributed by atoms with E-state index >= 15 is 0 Å². The first-order valence-corrected chi connectivity index (χ1v) is 5.93. The molecular formula is C9H19NOS. The van der Waals surface area contributed by atoms with Gasteiger partial charge >= 0.3 is 0 Å². The summed E-state index contributed by atoms with van der Waals surface area (Å²) >= 11 is 1.92. The Bertz CT molecular complexity index is 124. The van der Waals surface area contributed by atoms with Crippen molar-refractivity contribution in [3.8, 4) is 0 Å². The van der Waals surface area contributed by atoms with Gasteiger partial charge in [0.15, 0.2) is 0 Å². The summed E-state index contributed by atoms with van der Waals surface area (Å²) in [6.45, 7) is 4.12. The highest BCUT2D eigenvalue weighted by Gasteiger charge is 2.27. The SMILES string of the molecule is CCSCCC1(O)CCNCC1. The van der Waals surface area contributed by atoms with E-state index in [1.807, 2.05) is 11.8 Å². The third-order valence-corrected chi connectivity index (χ3v) is 3.35. The molecule has 0 saturated carbocycles. The van der Waals surface area contributed by atoms with Crippen molar-refractivity contribution in [1.82, 2.24) is 5.32 Å². The molecular weight excluding hydrogens is 170 g/mol. The van der Waals surface area contributed by atoms with Crippen molar-refractivity contribution >= 4 is 11.8 Å². The van der Waals surface area contributed by atoms with Gasteiger partial charge in [0.25, 0.3) is 0 Å². The van der Waals surface area contributed by atoms with Crippen LogP contribution in [0.2, 0.25) is 0 Å². The van der Waals surface area contributed by atoms with Crippen LogP contribution in [0.3, 0.4) is 0 Å². The summed E-state index contributed by atoms with van der Waals surface area (Å²) < 4.78 is 0. The Labute approximate surface area is 79.1 Å². The Kier molecular flexibility index (Phi) is 4.40. The van der Waals surface area contributed by atoms with Gasteiger partial charge in [-0.2, -0.15) is 11.8 Å². The molecule has 1 rings (SSSR count). The number of piperidine rings is 1. The number of aliphatic hydroxyl groups is 1. The fourth-order valence-electron chi connectivity index (χ4n) is 1.55. The average molecular weight is 189 g/mol. The van der Waals surface area contributed by atoms with Crippen LogP contribution in [-0.2, 0) is 0 Å². The molecule has 0 unspecified atom stereocenters. The molecule has 3 heteroatoms. The number of rotatable bonds is 4. The molecule has 12 heavy (non-hydrogen) atoms. The largest absolute Gasteiger partial charge is 0.390 e. The molecule has 0 bridgehead atoms. The standard InChI is InChI=1S/C9H19NOS/c1-2-12-8-5-9(11)3-6-10-7-4-9/h10-11H,2-8H2,1H3. The summed E-state index contributed by atoms with van der Waals surface area (Å²) in [5.74, 6) is 2.27. The van der Waals surface area contributed by atoms with Crippen LogP contribution in [0.25, 0.3) is 0 Å². The van der Waals surface area contributed by atoms with Crippen LogP contribution in [0.4, 0.5) is 0 Å². The van der Waals surface area contributed by atoms with E-state index in [9.17, 15) is 5.11 Å². The maximum absolute atomic E-state index is 10.0. The molecule has 0 aromatic heterocycles. The number of nitrogens with one attached hydrogen (secondary N) is 1. The fourth-order valence-corrected chi connectivity index (χ4v) is 2.36. The summed E-state index contributed by atoms with van der Waals surface area (Å²) in [5.41, 5.74) is -0.354. The summed E-state index contributed by atoms with van der Waals surface area (Å²) in [4.78, 5) is 0. The molecule has 2 nitrogen and oxygen atoms in total. The molecule has 1 saturated heterocycles. The lowest BCUT2D eigenvalue weighted by Crippen LogP contribution is -2.42. The highest BCUT2D eigenvalue weighted by molar-refractivity contribution is 7.99. The van der Waals surface area contributed by atoms with Crippen LogP contribution in [0.1, 0.15) is 26.2 Å². The molecule has 0 amide bonds. The minimum Gasteiger partial charge on any atom is -0.390 e. The Morgan fingerprint density at radius 2 is 2.08 bits per heavy atom.